The average molecular weight is 270 g/mol. The standard InChI is InChI=1S/C16H18N2O2/c1-12-7-9-18(10-8-12)16(19)14-11-15(20-17-14)13-5-3-2-4-6-13/h2-6,11-12H,7-10H2,1H3. The molecule has 0 saturated carbocycles. The van der Waals surface area contributed by atoms with Gasteiger partial charge in [0.25, 0.3) is 5.91 Å². The maximum atomic E-state index is 12.4. The number of piperidine rings is 1. The molecule has 1 fully saturated rings. The predicted molar refractivity (Wildman–Crippen MR) is 76.2 cm³/mol. The maximum absolute atomic E-state index is 12.4. The van der Waals surface area contributed by atoms with E-state index in [9.17, 15) is 4.79 Å². The minimum Gasteiger partial charge on any atom is -0.355 e. The van der Waals surface area contributed by atoms with Crippen molar-refractivity contribution in [1.29, 1.82) is 0 Å². The lowest BCUT2D eigenvalue weighted by Crippen LogP contribution is -2.38. The fourth-order valence-corrected chi connectivity index (χ4v) is 2.49. The van der Waals surface area contributed by atoms with Gasteiger partial charge in [-0.05, 0) is 18.8 Å². The zero-order valence-electron chi connectivity index (χ0n) is 11.6. The van der Waals surface area contributed by atoms with Crippen LogP contribution in [0.25, 0.3) is 11.3 Å². The van der Waals surface area contributed by atoms with Crippen molar-refractivity contribution >= 4 is 5.91 Å². The van der Waals surface area contributed by atoms with Gasteiger partial charge in [0.05, 0.1) is 0 Å². The van der Waals surface area contributed by atoms with Crippen LogP contribution in [0.2, 0.25) is 0 Å². The summed E-state index contributed by atoms with van der Waals surface area (Å²) < 4.78 is 5.29. The molecule has 1 saturated heterocycles. The molecule has 104 valence electrons. The van der Waals surface area contributed by atoms with E-state index in [4.69, 9.17) is 4.52 Å². The average Bonchev–Trinajstić information content (AvgIpc) is 2.98. The molecule has 1 amide bonds. The summed E-state index contributed by atoms with van der Waals surface area (Å²) in [6.45, 7) is 3.85. The van der Waals surface area contributed by atoms with E-state index in [0.29, 0.717) is 17.4 Å². The summed E-state index contributed by atoms with van der Waals surface area (Å²) in [7, 11) is 0. The van der Waals surface area contributed by atoms with E-state index >= 15 is 0 Å². The summed E-state index contributed by atoms with van der Waals surface area (Å²) in [6.07, 6.45) is 2.13. The van der Waals surface area contributed by atoms with Gasteiger partial charge in [0.15, 0.2) is 11.5 Å². The molecule has 3 rings (SSSR count). The third kappa shape index (κ3) is 2.59. The molecule has 0 aliphatic carbocycles. The second kappa shape index (κ2) is 5.49. The number of carbonyl (C=O) groups excluding carboxylic acids is 1. The molecule has 1 aromatic heterocycles. The molecule has 0 bridgehead atoms. The van der Waals surface area contributed by atoms with Crippen LogP contribution in [0.3, 0.4) is 0 Å². The topological polar surface area (TPSA) is 46.3 Å². The maximum Gasteiger partial charge on any atom is 0.276 e. The minimum atomic E-state index is -0.0252. The first-order chi connectivity index (χ1) is 9.74. The van der Waals surface area contributed by atoms with Gasteiger partial charge in [0, 0.05) is 24.7 Å². The molecule has 2 aromatic rings. The van der Waals surface area contributed by atoms with Crippen LogP contribution in [0.15, 0.2) is 40.9 Å². The molecule has 0 spiro atoms. The van der Waals surface area contributed by atoms with Gasteiger partial charge < -0.3 is 9.42 Å². The number of hydrogen-bond donors (Lipinski definition) is 0. The van der Waals surface area contributed by atoms with E-state index in [0.717, 1.165) is 31.5 Å². The quantitative estimate of drug-likeness (QED) is 0.841. The number of nitrogens with zero attached hydrogens (tertiary/aromatic N) is 2. The van der Waals surface area contributed by atoms with Crippen molar-refractivity contribution in [3.8, 4) is 11.3 Å². The van der Waals surface area contributed by atoms with Crippen molar-refractivity contribution in [3.63, 3.8) is 0 Å². The van der Waals surface area contributed by atoms with Crippen molar-refractivity contribution in [1.82, 2.24) is 10.1 Å². The highest BCUT2D eigenvalue weighted by Gasteiger charge is 2.24. The molecule has 1 aliphatic heterocycles. The lowest BCUT2D eigenvalue weighted by Gasteiger charge is -2.29. The van der Waals surface area contributed by atoms with E-state index in [-0.39, 0.29) is 5.91 Å². The summed E-state index contributed by atoms with van der Waals surface area (Å²) in [5.74, 6) is 1.32. The Labute approximate surface area is 118 Å². The third-order valence-corrected chi connectivity index (χ3v) is 3.86. The zero-order valence-corrected chi connectivity index (χ0v) is 11.6. The summed E-state index contributed by atoms with van der Waals surface area (Å²) in [5, 5.41) is 3.92. The second-order valence-electron chi connectivity index (χ2n) is 5.42. The summed E-state index contributed by atoms with van der Waals surface area (Å²) in [4.78, 5) is 14.2. The van der Waals surface area contributed by atoms with Gasteiger partial charge in [-0.1, -0.05) is 42.4 Å². The number of likely N-dealkylation sites (tertiary alicyclic amines) is 1. The number of benzene rings is 1. The molecule has 0 unspecified atom stereocenters. The molecule has 4 heteroatoms. The van der Waals surface area contributed by atoms with Crippen molar-refractivity contribution in [2.45, 2.75) is 19.8 Å². The molecule has 4 nitrogen and oxygen atoms in total. The first-order valence-electron chi connectivity index (χ1n) is 7.05. The van der Waals surface area contributed by atoms with E-state index in [2.05, 4.69) is 12.1 Å². The van der Waals surface area contributed by atoms with Crippen LogP contribution in [0.1, 0.15) is 30.3 Å². The van der Waals surface area contributed by atoms with Crippen LogP contribution in [-0.2, 0) is 0 Å². The molecular weight excluding hydrogens is 252 g/mol. The third-order valence-electron chi connectivity index (χ3n) is 3.86. The van der Waals surface area contributed by atoms with E-state index < -0.39 is 0 Å². The fraction of sp³-hybridized carbons (Fsp3) is 0.375. The van der Waals surface area contributed by atoms with Gasteiger partial charge in [-0.15, -0.1) is 0 Å². The monoisotopic (exact) mass is 270 g/mol. The van der Waals surface area contributed by atoms with Crippen molar-refractivity contribution in [2.24, 2.45) is 5.92 Å². The van der Waals surface area contributed by atoms with E-state index in [1.54, 1.807) is 6.07 Å². The molecule has 0 N–H and O–H groups in total. The van der Waals surface area contributed by atoms with Crippen LogP contribution >= 0.6 is 0 Å². The van der Waals surface area contributed by atoms with Crippen molar-refractivity contribution in [3.05, 3.63) is 42.1 Å². The second-order valence-corrected chi connectivity index (χ2v) is 5.42. The lowest BCUT2D eigenvalue weighted by atomic mass is 9.99. The Balaban J connectivity index is 1.75. The molecule has 1 aromatic carbocycles. The fourth-order valence-electron chi connectivity index (χ4n) is 2.49. The van der Waals surface area contributed by atoms with Crippen LogP contribution in [0.4, 0.5) is 0 Å². The molecular formula is C16H18N2O2. The van der Waals surface area contributed by atoms with Gasteiger partial charge >= 0.3 is 0 Å². The Kier molecular flexibility index (Phi) is 3.54. The van der Waals surface area contributed by atoms with Crippen molar-refractivity contribution < 1.29 is 9.32 Å². The Hall–Kier alpha value is -2.10. The van der Waals surface area contributed by atoms with Gasteiger partial charge in [0.1, 0.15) is 0 Å². The highest BCUT2D eigenvalue weighted by atomic mass is 16.5. The number of carbonyl (C=O) groups is 1. The summed E-state index contributed by atoms with van der Waals surface area (Å²) in [6, 6.07) is 11.4. The largest absolute Gasteiger partial charge is 0.355 e. The Morgan fingerprint density at radius 1 is 1.25 bits per heavy atom. The molecule has 1 aliphatic rings. The van der Waals surface area contributed by atoms with Gasteiger partial charge in [-0.2, -0.15) is 0 Å². The highest BCUT2D eigenvalue weighted by molar-refractivity contribution is 5.93. The summed E-state index contributed by atoms with van der Waals surface area (Å²) in [5.41, 5.74) is 1.34. The molecule has 2 heterocycles. The van der Waals surface area contributed by atoms with Crippen LogP contribution in [0.5, 0.6) is 0 Å². The van der Waals surface area contributed by atoms with Crippen LogP contribution < -0.4 is 0 Å². The zero-order chi connectivity index (χ0) is 13.9. The number of rotatable bonds is 2. The van der Waals surface area contributed by atoms with Gasteiger partial charge in [0.2, 0.25) is 0 Å². The predicted octanol–water partition coefficient (Wildman–Crippen LogP) is 3.21. The Morgan fingerprint density at radius 3 is 2.65 bits per heavy atom. The van der Waals surface area contributed by atoms with Crippen molar-refractivity contribution in [2.75, 3.05) is 13.1 Å². The molecule has 20 heavy (non-hydrogen) atoms. The normalized spacial score (nSPS) is 16.4. The first kappa shape index (κ1) is 12.9. The SMILES string of the molecule is CC1CCN(C(=O)c2cc(-c3ccccc3)on2)CC1. The van der Waals surface area contributed by atoms with E-state index in [1.807, 2.05) is 35.2 Å². The highest BCUT2D eigenvalue weighted by Crippen LogP contribution is 2.22. The Morgan fingerprint density at radius 2 is 1.95 bits per heavy atom. The van der Waals surface area contributed by atoms with Crippen LogP contribution in [0, 0.1) is 5.92 Å². The van der Waals surface area contributed by atoms with Gasteiger partial charge in [-0.25, -0.2) is 0 Å². The first-order valence-corrected chi connectivity index (χ1v) is 7.05. The lowest BCUT2D eigenvalue weighted by molar-refractivity contribution is 0.0687. The van der Waals surface area contributed by atoms with Gasteiger partial charge in [-0.3, -0.25) is 4.79 Å². The minimum absolute atomic E-state index is 0.0252. The number of aromatic nitrogens is 1. The smallest absolute Gasteiger partial charge is 0.276 e. The Bertz CT molecular complexity index is 584. The van der Waals surface area contributed by atoms with E-state index in [1.165, 1.54) is 0 Å². The molecule has 0 radical (unpaired) electrons. The van der Waals surface area contributed by atoms with Crippen LogP contribution in [-0.4, -0.2) is 29.1 Å². The summed E-state index contributed by atoms with van der Waals surface area (Å²) >= 11 is 0. The molecule has 0 atom stereocenters. The number of hydrogen-bond acceptors (Lipinski definition) is 3. The number of amides is 1.